The van der Waals surface area contributed by atoms with E-state index in [1.54, 1.807) is 30.3 Å². The highest BCUT2D eigenvalue weighted by molar-refractivity contribution is 5.92. The van der Waals surface area contributed by atoms with Gasteiger partial charge in [-0.2, -0.15) is 0 Å². The van der Waals surface area contributed by atoms with Crippen molar-refractivity contribution in [1.82, 2.24) is 0 Å². The van der Waals surface area contributed by atoms with Gasteiger partial charge in [-0.15, -0.1) is 0 Å². The van der Waals surface area contributed by atoms with Crippen LogP contribution >= 0.6 is 0 Å². The smallest absolute Gasteiger partial charge is 0.336 e. The second kappa shape index (κ2) is 12.8. The van der Waals surface area contributed by atoms with Gasteiger partial charge in [0.1, 0.15) is 5.75 Å². The lowest BCUT2D eigenvalue weighted by Gasteiger charge is -2.26. The van der Waals surface area contributed by atoms with E-state index in [0.29, 0.717) is 11.3 Å². The summed E-state index contributed by atoms with van der Waals surface area (Å²) in [5.74, 6) is -0.730. The van der Waals surface area contributed by atoms with Crippen molar-refractivity contribution in [1.29, 1.82) is 0 Å². The Balaban J connectivity index is 1.46. The van der Waals surface area contributed by atoms with E-state index in [-0.39, 0.29) is 41.9 Å². The lowest BCUT2D eigenvalue weighted by molar-refractivity contribution is -0.140. The van der Waals surface area contributed by atoms with Gasteiger partial charge in [-0.3, -0.25) is 4.79 Å². The number of hydrogen-bond acceptors (Lipinski definition) is 7. The van der Waals surface area contributed by atoms with Crippen molar-refractivity contribution in [2.75, 3.05) is 18.1 Å². The minimum absolute atomic E-state index is 0.0101. The second-order valence-electron chi connectivity index (χ2n) is 9.19. The van der Waals surface area contributed by atoms with Gasteiger partial charge in [0.05, 0.1) is 18.1 Å². The molecule has 5 N–H and O–H groups in total. The molecule has 36 heavy (non-hydrogen) atoms. The third-order valence-corrected chi connectivity index (χ3v) is 6.52. The Bertz CT molecular complexity index is 1100. The highest BCUT2D eigenvalue weighted by Gasteiger charge is 2.27. The normalized spacial score (nSPS) is 17.6. The van der Waals surface area contributed by atoms with E-state index in [2.05, 4.69) is 6.92 Å². The number of carbonyl (C=O) groups is 3. The number of benzene rings is 2. The highest BCUT2D eigenvalue weighted by Crippen LogP contribution is 2.32. The van der Waals surface area contributed by atoms with Gasteiger partial charge in [0.15, 0.2) is 0 Å². The van der Waals surface area contributed by atoms with Crippen LogP contribution in [0.15, 0.2) is 42.5 Å². The van der Waals surface area contributed by atoms with Gasteiger partial charge >= 0.3 is 17.9 Å². The van der Waals surface area contributed by atoms with Crippen molar-refractivity contribution in [2.24, 2.45) is 11.8 Å². The van der Waals surface area contributed by atoms with Crippen molar-refractivity contribution in [3.05, 3.63) is 59.2 Å². The number of ether oxygens (including phenoxy) is 2. The molecule has 192 valence electrons. The average molecular weight is 495 g/mol. The molecule has 0 unspecified atom stereocenters. The number of carboxylic acids is 1. The molecule has 8 heteroatoms. The zero-order chi connectivity index (χ0) is 26.1. The molecule has 1 aliphatic rings. The maximum absolute atomic E-state index is 12.5. The predicted molar refractivity (Wildman–Crippen MR) is 138 cm³/mol. The minimum atomic E-state index is -1.15. The van der Waals surface area contributed by atoms with Crippen LogP contribution in [0.1, 0.15) is 66.9 Å². The molecule has 1 aliphatic carbocycles. The van der Waals surface area contributed by atoms with Gasteiger partial charge in [-0.1, -0.05) is 31.9 Å². The largest absolute Gasteiger partial charge is 0.478 e. The average Bonchev–Trinajstić information content (AvgIpc) is 2.85. The van der Waals surface area contributed by atoms with E-state index in [1.165, 1.54) is 31.1 Å². The lowest BCUT2D eigenvalue weighted by atomic mass is 9.80. The van der Waals surface area contributed by atoms with Crippen LogP contribution in [0.5, 0.6) is 5.75 Å². The van der Waals surface area contributed by atoms with Crippen molar-refractivity contribution in [2.45, 2.75) is 51.9 Å². The second-order valence-corrected chi connectivity index (χ2v) is 9.19. The number of rotatable bonds is 10. The molecule has 0 bridgehead atoms. The van der Waals surface area contributed by atoms with Crippen LogP contribution in [-0.2, 0) is 20.7 Å². The SMILES string of the molecule is CCCC1CCC(C(=O)Oc2ccc(C=CC(=O)OCCc3c(N)cc(N)cc3C(=O)O)cc2)CC1. The Hall–Kier alpha value is -3.81. The number of hydrogen-bond donors (Lipinski definition) is 3. The summed E-state index contributed by atoms with van der Waals surface area (Å²) in [6.07, 6.45) is 9.36. The quantitative estimate of drug-likeness (QED) is 0.184. The zero-order valence-corrected chi connectivity index (χ0v) is 20.6. The van der Waals surface area contributed by atoms with Gasteiger partial charge in [0.2, 0.25) is 0 Å². The first kappa shape index (κ1) is 26.8. The molecule has 1 saturated carbocycles. The summed E-state index contributed by atoms with van der Waals surface area (Å²) in [7, 11) is 0. The lowest BCUT2D eigenvalue weighted by Crippen LogP contribution is -2.25. The third kappa shape index (κ3) is 7.60. The van der Waals surface area contributed by atoms with Crippen LogP contribution in [0.25, 0.3) is 6.08 Å². The molecule has 0 radical (unpaired) electrons. The molecule has 0 atom stereocenters. The third-order valence-electron chi connectivity index (χ3n) is 6.52. The number of anilines is 2. The molecular weight excluding hydrogens is 460 g/mol. The van der Waals surface area contributed by atoms with Crippen molar-refractivity contribution < 1.29 is 29.0 Å². The first-order valence-electron chi connectivity index (χ1n) is 12.3. The van der Waals surface area contributed by atoms with Crippen LogP contribution in [-0.4, -0.2) is 29.6 Å². The zero-order valence-electron chi connectivity index (χ0n) is 20.6. The van der Waals surface area contributed by atoms with Gasteiger partial charge in [0, 0.05) is 23.9 Å². The Morgan fingerprint density at radius 2 is 1.75 bits per heavy atom. The monoisotopic (exact) mass is 494 g/mol. The Kier molecular flexibility index (Phi) is 9.50. The number of nitrogens with two attached hydrogens (primary N) is 2. The Morgan fingerprint density at radius 1 is 1.06 bits per heavy atom. The number of carboxylic acid groups (broad SMARTS) is 1. The molecule has 0 aliphatic heterocycles. The number of carbonyl (C=O) groups excluding carboxylic acids is 2. The van der Waals surface area contributed by atoms with Crippen LogP contribution in [0.2, 0.25) is 0 Å². The molecule has 8 nitrogen and oxygen atoms in total. The Morgan fingerprint density at radius 3 is 2.39 bits per heavy atom. The summed E-state index contributed by atoms with van der Waals surface area (Å²) < 4.78 is 10.7. The van der Waals surface area contributed by atoms with Crippen LogP contribution < -0.4 is 16.2 Å². The van der Waals surface area contributed by atoms with Crippen molar-refractivity contribution >= 4 is 35.4 Å². The van der Waals surface area contributed by atoms with E-state index in [1.807, 2.05) is 0 Å². The molecular formula is C28H34N2O6. The van der Waals surface area contributed by atoms with Crippen LogP contribution in [0.3, 0.4) is 0 Å². The molecule has 2 aromatic rings. The fraction of sp³-hybridized carbons (Fsp3) is 0.393. The van der Waals surface area contributed by atoms with Crippen molar-refractivity contribution in [3.63, 3.8) is 0 Å². The van der Waals surface area contributed by atoms with Crippen LogP contribution in [0.4, 0.5) is 11.4 Å². The molecule has 0 saturated heterocycles. The standard InChI is InChI=1S/C28H34N2O6/c1-2-3-18-4-9-20(10-5-18)28(34)36-22-11-6-19(7-12-22)8-13-26(31)35-15-14-23-24(27(32)33)16-21(29)17-25(23)30/h6-8,11-13,16-18,20H,2-5,9-10,14-15,29-30H2,1H3,(H,32,33). The maximum atomic E-state index is 12.5. The number of esters is 2. The highest BCUT2D eigenvalue weighted by atomic mass is 16.5. The van der Waals surface area contributed by atoms with E-state index >= 15 is 0 Å². The Labute approximate surface area is 211 Å². The molecule has 0 aromatic heterocycles. The predicted octanol–water partition coefficient (Wildman–Crippen LogP) is 4.86. The number of aromatic carboxylic acids is 1. The molecule has 0 amide bonds. The summed E-state index contributed by atoms with van der Waals surface area (Å²) in [5.41, 5.74) is 13.1. The molecule has 1 fully saturated rings. The fourth-order valence-corrected chi connectivity index (χ4v) is 4.60. The minimum Gasteiger partial charge on any atom is -0.478 e. The summed E-state index contributed by atoms with van der Waals surface area (Å²) in [6.45, 7) is 2.16. The van der Waals surface area contributed by atoms with E-state index in [4.69, 9.17) is 20.9 Å². The summed E-state index contributed by atoms with van der Waals surface area (Å²) in [6, 6.07) is 9.69. The maximum Gasteiger partial charge on any atom is 0.336 e. The van der Waals surface area contributed by atoms with Gasteiger partial charge < -0.3 is 26.0 Å². The van der Waals surface area contributed by atoms with Crippen molar-refractivity contribution in [3.8, 4) is 5.75 Å². The van der Waals surface area contributed by atoms with E-state index in [0.717, 1.165) is 37.2 Å². The number of nitrogen functional groups attached to an aromatic ring is 2. The first-order chi connectivity index (χ1) is 17.3. The summed E-state index contributed by atoms with van der Waals surface area (Å²) in [4.78, 5) is 36.0. The van der Waals surface area contributed by atoms with E-state index in [9.17, 15) is 19.5 Å². The topological polar surface area (TPSA) is 142 Å². The molecule has 3 rings (SSSR count). The summed E-state index contributed by atoms with van der Waals surface area (Å²) in [5, 5.41) is 9.34. The molecule has 2 aromatic carbocycles. The van der Waals surface area contributed by atoms with Gasteiger partial charge in [-0.05, 0) is 73.1 Å². The fourth-order valence-electron chi connectivity index (χ4n) is 4.60. The van der Waals surface area contributed by atoms with Gasteiger partial charge in [0.25, 0.3) is 0 Å². The summed E-state index contributed by atoms with van der Waals surface area (Å²) >= 11 is 0. The molecule has 0 heterocycles. The van der Waals surface area contributed by atoms with Gasteiger partial charge in [-0.25, -0.2) is 9.59 Å². The van der Waals surface area contributed by atoms with Crippen LogP contribution in [0, 0.1) is 11.8 Å². The molecule has 0 spiro atoms. The first-order valence-corrected chi connectivity index (χ1v) is 12.3. The van der Waals surface area contributed by atoms with E-state index < -0.39 is 11.9 Å².